The van der Waals surface area contributed by atoms with Crippen molar-refractivity contribution in [3.8, 4) is 0 Å². The van der Waals surface area contributed by atoms with Crippen LogP contribution in [0.2, 0.25) is 0 Å². The molecule has 1 N–H and O–H groups in total. The molecule has 0 aromatic rings. The van der Waals surface area contributed by atoms with Gasteiger partial charge in [-0.15, -0.1) is 0 Å². The number of carbonyl (C=O) groups is 2. The van der Waals surface area contributed by atoms with E-state index < -0.39 is 30.7 Å². The van der Waals surface area contributed by atoms with Crippen molar-refractivity contribution in [1.82, 2.24) is 4.90 Å². The average Bonchev–Trinajstić information content (AvgIpc) is 2.23. The van der Waals surface area contributed by atoms with E-state index in [4.69, 9.17) is 8.85 Å². The smallest absolute Gasteiger partial charge is 0.410 e. The van der Waals surface area contributed by atoms with Gasteiger partial charge in [0.25, 0.3) is 0 Å². The molecule has 0 fully saturated rings. The molecule has 0 aromatic heterocycles. The molecule has 0 aliphatic rings. The lowest BCUT2D eigenvalue weighted by atomic mass is 10.2. The third-order valence-corrected chi connectivity index (χ3v) is 1.71. The summed E-state index contributed by atoms with van der Waals surface area (Å²) in [6.45, 7) is 1.73. The molecule has 0 aromatic carbocycles. The zero-order valence-electron chi connectivity index (χ0n) is 13.5. The Labute approximate surface area is 106 Å². The highest BCUT2D eigenvalue weighted by atomic mass is 16.6. The van der Waals surface area contributed by atoms with Gasteiger partial charge in [-0.2, -0.15) is 0 Å². The Morgan fingerprint density at radius 3 is 2.47 bits per heavy atom. The molecule has 17 heavy (non-hydrogen) atoms. The zero-order valence-corrected chi connectivity index (χ0v) is 10.5. The molecule has 0 heterocycles. The molecule has 0 saturated carbocycles. The number of aliphatic hydroxyl groups excluding tert-OH is 1. The third kappa shape index (κ3) is 6.78. The van der Waals surface area contributed by atoms with Gasteiger partial charge in [0.1, 0.15) is 5.60 Å². The van der Waals surface area contributed by atoms with Crippen molar-refractivity contribution in [2.45, 2.75) is 38.9 Å². The molecule has 0 bridgehead atoms. The van der Waals surface area contributed by atoms with Crippen LogP contribution in [0.4, 0.5) is 4.79 Å². The summed E-state index contributed by atoms with van der Waals surface area (Å²) < 4.78 is 31.1. The van der Waals surface area contributed by atoms with E-state index in [1.165, 1.54) is 0 Å². The number of esters is 1. The van der Waals surface area contributed by atoms with Gasteiger partial charge >= 0.3 is 12.1 Å². The Hall–Kier alpha value is -1.30. The molecule has 0 rings (SSSR count). The van der Waals surface area contributed by atoms with Crippen LogP contribution in [0.5, 0.6) is 0 Å². The van der Waals surface area contributed by atoms with E-state index in [0.29, 0.717) is 4.90 Å². The number of hydrogen-bond donors (Lipinski definition) is 1. The van der Waals surface area contributed by atoms with Crippen LogP contribution in [0.15, 0.2) is 0 Å². The average molecular weight is 250 g/mol. The number of ether oxygens (including phenoxy) is 2. The Morgan fingerprint density at radius 1 is 1.47 bits per heavy atom. The predicted octanol–water partition coefficient (Wildman–Crippen LogP) is 0.777. The molecule has 0 saturated heterocycles. The van der Waals surface area contributed by atoms with Crippen LogP contribution in [-0.2, 0) is 14.3 Å². The largest absolute Gasteiger partial charge is 0.467 e. The minimum Gasteiger partial charge on any atom is -0.467 e. The summed E-state index contributed by atoms with van der Waals surface area (Å²) >= 11 is 0. The number of amides is 1. The Bertz CT molecular complexity index is 351. The van der Waals surface area contributed by atoms with Crippen LogP contribution in [0.3, 0.4) is 0 Å². The maximum Gasteiger partial charge on any atom is 0.410 e. The molecule has 6 heteroatoms. The number of carbonyl (C=O) groups excluding carboxylic acids is 2. The second-order valence-electron chi connectivity index (χ2n) is 4.46. The minimum absolute atomic E-state index is 0.260. The van der Waals surface area contributed by atoms with Crippen molar-refractivity contribution in [3.05, 3.63) is 0 Å². The van der Waals surface area contributed by atoms with Crippen molar-refractivity contribution < 1.29 is 28.3 Å². The van der Waals surface area contributed by atoms with Crippen LogP contribution in [-0.4, -0.2) is 54.4 Å². The Kier molecular flexibility index (Phi) is 4.10. The van der Waals surface area contributed by atoms with Crippen molar-refractivity contribution in [3.63, 3.8) is 0 Å². The summed E-state index contributed by atoms with van der Waals surface area (Å²) in [6.07, 6.45) is -2.79. The van der Waals surface area contributed by atoms with E-state index in [0.717, 1.165) is 7.11 Å². The molecule has 1 atom stereocenters. The highest BCUT2D eigenvalue weighted by molar-refractivity contribution is 5.74. The molecule has 100 valence electrons. The lowest BCUT2D eigenvalue weighted by Crippen LogP contribution is -2.36. The highest BCUT2D eigenvalue weighted by Gasteiger charge is 2.21. The number of nitrogens with zero attached hydrogens (tertiary/aromatic N) is 1. The second-order valence-corrected chi connectivity index (χ2v) is 4.46. The van der Waals surface area contributed by atoms with Gasteiger partial charge in [0.05, 0.1) is 7.11 Å². The fourth-order valence-electron chi connectivity index (χ4n) is 0.914. The lowest BCUT2D eigenvalue weighted by molar-refractivity contribution is -0.150. The van der Waals surface area contributed by atoms with E-state index in [1.807, 2.05) is 0 Å². The van der Waals surface area contributed by atoms with Gasteiger partial charge in [-0.3, -0.25) is 0 Å². The van der Waals surface area contributed by atoms with Crippen LogP contribution >= 0.6 is 0 Å². The van der Waals surface area contributed by atoms with Crippen LogP contribution in [0.25, 0.3) is 0 Å². The Morgan fingerprint density at radius 2 is 2.06 bits per heavy atom. The summed E-state index contributed by atoms with van der Waals surface area (Å²) in [7, 11) is 1.10. The molecule has 1 unspecified atom stereocenters. The second kappa shape index (κ2) is 6.44. The summed E-state index contributed by atoms with van der Waals surface area (Å²) in [4.78, 5) is 23.3. The number of rotatable bonds is 4. The molecule has 0 aliphatic heterocycles. The van der Waals surface area contributed by atoms with Crippen molar-refractivity contribution in [2.24, 2.45) is 0 Å². The first-order chi connectivity index (χ1) is 8.88. The first-order valence-corrected chi connectivity index (χ1v) is 5.15. The Balaban J connectivity index is 4.76. The lowest BCUT2D eigenvalue weighted by Gasteiger charge is -2.24. The molecule has 0 radical (unpaired) electrons. The van der Waals surface area contributed by atoms with Gasteiger partial charge in [0, 0.05) is 24.1 Å². The van der Waals surface area contributed by atoms with Gasteiger partial charge in [0.15, 0.2) is 6.10 Å². The van der Waals surface area contributed by atoms with Gasteiger partial charge in [-0.05, 0) is 20.8 Å². The fourth-order valence-corrected chi connectivity index (χ4v) is 0.914. The molecular formula is C11H21NO5. The van der Waals surface area contributed by atoms with E-state index >= 15 is 0 Å². The molecule has 1 amide bonds. The highest BCUT2D eigenvalue weighted by Crippen LogP contribution is 2.09. The summed E-state index contributed by atoms with van der Waals surface area (Å²) in [5.74, 6) is -0.889. The van der Waals surface area contributed by atoms with Gasteiger partial charge in [-0.1, -0.05) is 0 Å². The van der Waals surface area contributed by atoms with Gasteiger partial charge in [0.2, 0.25) is 0 Å². The standard InChI is InChI=1S/C11H21NO5/c1-11(2,3)17-10(15)12(4)7-6-8(13)9(14)16-5/h8,13H,6-7H2,1-5H3/i4D3. The maximum atomic E-state index is 11.8. The van der Waals surface area contributed by atoms with E-state index in [2.05, 4.69) is 4.74 Å². The summed E-state index contributed by atoms with van der Waals surface area (Å²) in [6, 6.07) is 0. The molecule has 0 aliphatic carbocycles. The molecule has 6 nitrogen and oxygen atoms in total. The fraction of sp³-hybridized carbons (Fsp3) is 0.818. The van der Waals surface area contributed by atoms with E-state index in [1.54, 1.807) is 20.8 Å². The SMILES string of the molecule is [2H]C([2H])([2H])N(CCC(O)C(=O)OC)C(=O)OC(C)(C)C. The minimum atomic E-state index is -2.72. The van der Waals surface area contributed by atoms with Gasteiger partial charge in [-0.25, -0.2) is 9.59 Å². The van der Waals surface area contributed by atoms with E-state index in [9.17, 15) is 14.7 Å². The van der Waals surface area contributed by atoms with Crippen LogP contribution < -0.4 is 0 Å². The third-order valence-electron chi connectivity index (χ3n) is 1.71. The van der Waals surface area contributed by atoms with Gasteiger partial charge < -0.3 is 19.5 Å². The summed E-state index contributed by atoms with van der Waals surface area (Å²) in [5, 5.41) is 9.41. The quantitative estimate of drug-likeness (QED) is 0.746. The predicted molar refractivity (Wildman–Crippen MR) is 61.5 cm³/mol. The zero-order chi connectivity index (χ0) is 16.1. The maximum absolute atomic E-state index is 11.8. The number of hydrogen-bond acceptors (Lipinski definition) is 5. The van der Waals surface area contributed by atoms with Crippen molar-refractivity contribution in [1.29, 1.82) is 0 Å². The topological polar surface area (TPSA) is 76.1 Å². The van der Waals surface area contributed by atoms with Crippen molar-refractivity contribution >= 4 is 12.1 Å². The van der Waals surface area contributed by atoms with E-state index in [-0.39, 0.29) is 13.0 Å². The molecule has 0 spiro atoms. The first-order valence-electron chi connectivity index (χ1n) is 6.65. The molecular weight excluding hydrogens is 226 g/mol. The monoisotopic (exact) mass is 250 g/mol. The normalized spacial score (nSPS) is 16.2. The van der Waals surface area contributed by atoms with Crippen molar-refractivity contribution in [2.75, 3.05) is 20.6 Å². The summed E-state index contributed by atoms with van der Waals surface area (Å²) in [5.41, 5.74) is -0.846. The van der Waals surface area contributed by atoms with Crippen LogP contribution in [0, 0.1) is 0 Å². The first kappa shape index (κ1) is 10.8. The number of methoxy groups -OCH3 is 1. The number of aliphatic hydroxyl groups is 1. The van der Waals surface area contributed by atoms with Crippen LogP contribution in [0.1, 0.15) is 31.3 Å².